The first-order valence-electron chi connectivity index (χ1n) is 13.1. The van der Waals surface area contributed by atoms with E-state index < -0.39 is 61.4 Å². The highest BCUT2D eigenvalue weighted by Gasteiger charge is 2.43. The van der Waals surface area contributed by atoms with Crippen molar-refractivity contribution in [3.8, 4) is 0 Å². The van der Waals surface area contributed by atoms with Crippen LogP contribution in [0, 0.1) is 0 Å². The summed E-state index contributed by atoms with van der Waals surface area (Å²) < 4.78 is 30.7. The third kappa shape index (κ3) is 7.77. The summed E-state index contributed by atoms with van der Waals surface area (Å²) in [5.41, 5.74) is 1.02. The van der Waals surface area contributed by atoms with E-state index in [0.717, 1.165) is 0 Å². The summed E-state index contributed by atoms with van der Waals surface area (Å²) in [6.07, 6.45) is -7.39. The monoisotopic (exact) mass is 574 g/mol. The Morgan fingerprint density at radius 1 is 0.675 bits per heavy atom. The average Bonchev–Trinajstić information content (AvgIpc) is 3.60. The number of nitrogens with zero attached hydrogens (tertiary/aromatic N) is 6. The van der Waals surface area contributed by atoms with Gasteiger partial charge in [0.1, 0.15) is 48.0 Å². The van der Waals surface area contributed by atoms with Gasteiger partial charge in [0, 0.05) is 13.2 Å². The number of aryl methyl sites for hydroxylation is 1. The molecule has 2 saturated heterocycles. The van der Waals surface area contributed by atoms with Crippen LogP contribution >= 0.6 is 0 Å². The van der Waals surface area contributed by atoms with Crippen LogP contribution in [-0.4, -0.2) is 135 Å². The molecule has 6 N–H and O–H groups in total. The maximum atomic E-state index is 10.0. The lowest BCUT2D eigenvalue weighted by molar-refractivity contribution is -0.296. The highest BCUT2D eigenvalue weighted by molar-refractivity contribution is 4.93. The Bertz CT molecular complexity index is 962. The minimum atomic E-state index is -1.38. The molecule has 0 aromatic carbocycles. The molecule has 226 valence electrons. The van der Waals surface area contributed by atoms with Gasteiger partial charge in [-0.3, -0.25) is 4.68 Å². The van der Waals surface area contributed by atoms with Crippen LogP contribution in [0.5, 0.6) is 0 Å². The lowest BCUT2D eigenvalue weighted by atomic mass is 10.0. The Balaban J connectivity index is 1.08. The van der Waals surface area contributed by atoms with E-state index in [4.69, 9.17) is 23.7 Å². The Hall–Kier alpha value is -2.16. The van der Waals surface area contributed by atoms with Crippen molar-refractivity contribution in [3.63, 3.8) is 0 Å². The van der Waals surface area contributed by atoms with Crippen LogP contribution in [0.2, 0.25) is 0 Å². The molecule has 2 aromatic heterocycles. The first-order valence-corrected chi connectivity index (χ1v) is 13.1. The highest BCUT2D eigenvalue weighted by atomic mass is 16.7. The molecular formula is C23H38N6O11. The van der Waals surface area contributed by atoms with Gasteiger partial charge in [-0.2, -0.15) is 0 Å². The van der Waals surface area contributed by atoms with E-state index in [9.17, 15) is 30.6 Å². The van der Waals surface area contributed by atoms with Crippen LogP contribution in [0.3, 0.4) is 0 Å². The van der Waals surface area contributed by atoms with Gasteiger partial charge in [0.25, 0.3) is 0 Å². The number of aliphatic hydroxyl groups is 6. The first-order chi connectivity index (χ1) is 19.1. The van der Waals surface area contributed by atoms with E-state index in [2.05, 4.69) is 20.6 Å². The SMILES string of the molecule is CC1O[C@@H](OCc2cn(CCCOCCn3cc(CO[C@@H]4OC(C)[C@@H](O)C(O)C4O)nn3)nn2)C(O)C(O)[C@@H]1O. The van der Waals surface area contributed by atoms with Gasteiger partial charge in [0.05, 0.1) is 51.0 Å². The van der Waals surface area contributed by atoms with E-state index in [0.29, 0.717) is 44.1 Å². The molecule has 0 aliphatic carbocycles. The largest absolute Gasteiger partial charge is 0.388 e. The van der Waals surface area contributed by atoms with Gasteiger partial charge in [0.15, 0.2) is 12.6 Å². The second-order valence-electron chi connectivity index (χ2n) is 9.90. The molecule has 6 unspecified atom stereocenters. The van der Waals surface area contributed by atoms with Gasteiger partial charge < -0.3 is 54.3 Å². The second-order valence-corrected chi connectivity index (χ2v) is 9.90. The summed E-state index contributed by atoms with van der Waals surface area (Å²) in [7, 11) is 0. The molecule has 0 amide bonds. The van der Waals surface area contributed by atoms with E-state index >= 15 is 0 Å². The normalized spacial score (nSPS) is 34.8. The fraction of sp³-hybridized carbons (Fsp3) is 0.826. The summed E-state index contributed by atoms with van der Waals surface area (Å²) in [4.78, 5) is 0. The topological polar surface area (TPSA) is 229 Å². The van der Waals surface area contributed by atoms with Crippen LogP contribution < -0.4 is 0 Å². The third-order valence-electron chi connectivity index (χ3n) is 6.72. The molecule has 10 atom stereocenters. The Morgan fingerprint density at radius 3 is 1.65 bits per heavy atom. The number of aromatic nitrogens is 6. The van der Waals surface area contributed by atoms with Crippen molar-refractivity contribution in [2.24, 2.45) is 0 Å². The summed E-state index contributed by atoms with van der Waals surface area (Å²) in [6, 6.07) is 0. The molecule has 40 heavy (non-hydrogen) atoms. The maximum absolute atomic E-state index is 10.0. The molecule has 0 spiro atoms. The molecule has 2 aliphatic heterocycles. The van der Waals surface area contributed by atoms with Gasteiger partial charge in [-0.25, -0.2) is 4.68 Å². The second kappa shape index (κ2) is 14.1. The van der Waals surface area contributed by atoms with Crippen molar-refractivity contribution in [3.05, 3.63) is 23.8 Å². The van der Waals surface area contributed by atoms with Gasteiger partial charge >= 0.3 is 0 Å². The first kappa shape index (κ1) is 30.8. The van der Waals surface area contributed by atoms with Crippen molar-refractivity contribution < 1.29 is 54.3 Å². The maximum Gasteiger partial charge on any atom is 0.186 e. The van der Waals surface area contributed by atoms with Gasteiger partial charge in [0.2, 0.25) is 0 Å². The molecule has 4 rings (SSSR count). The lowest BCUT2D eigenvalue weighted by Crippen LogP contribution is -2.57. The average molecular weight is 575 g/mol. The summed E-state index contributed by atoms with van der Waals surface area (Å²) in [6.45, 7) is 5.06. The molecule has 2 aromatic rings. The minimum Gasteiger partial charge on any atom is -0.388 e. The van der Waals surface area contributed by atoms with Crippen molar-refractivity contribution in [1.29, 1.82) is 0 Å². The van der Waals surface area contributed by atoms with E-state index in [-0.39, 0.29) is 13.2 Å². The zero-order chi connectivity index (χ0) is 28.8. The van der Waals surface area contributed by atoms with Crippen molar-refractivity contribution in [2.75, 3.05) is 13.2 Å². The van der Waals surface area contributed by atoms with Crippen molar-refractivity contribution in [2.45, 2.75) is 108 Å². The molecule has 0 saturated carbocycles. The summed E-state index contributed by atoms with van der Waals surface area (Å²) in [5, 5.41) is 75.3. The molecule has 0 bridgehead atoms. The van der Waals surface area contributed by atoms with Crippen LogP contribution in [0.15, 0.2) is 12.4 Å². The summed E-state index contributed by atoms with van der Waals surface area (Å²) in [5.74, 6) is 0. The zero-order valence-corrected chi connectivity index (χ0v) is 22.3. The molecule has 4 heterocycles. The van der Waals surface area contributed by atoms with Crippen molar-refractivity contribution >= 4 is 0 Å². The van der Waals surface area contributed by atoms with E-state index in [1.54, 1.807) is 35.6 Å². The predicted octanol–water partition coefficient (Wildman–Crippen LogP) is -3.34. The van der Waals surface area contributed by atoms with E-state index in [1.165, 1.54) is 0 Å². The predicted molar refractivity (Wildman–Crippen MR) is 130 cm³/mol. The summed E-state index contributed by atoms with van der Waals surface area (Å²) >= 11 is 0. The van der Waals surface area contributed by atoms with Crippen LogP contribution in [-0.2, 0) is 50.0 Å². The molecule has 0 radical (unpaired) electrons. The van der Waals surface area contributed by atoms with Gasteiger partial charge in [-0.1, -0.05) is 10.4 Å². The van der Waals surface area contributed by atoms with Crippen molar-refractivity contribution in [1.82, 2.24) is 30.0 Å². The minimum absolute atomic E-state index is 0.00150. The third-order valence-corrected chi connectivity index (χ3v) is 6.72. The lowest BCUT2D eigenvalue weighted by Gasteiger charge is -2.38. The zero-order valence-electron chi connectivity index (χ0n) is 22.3. The van der Waals surface area contributed by atoms with Crippen LogP contribution in [0.25, 0.3) is 0 Å². The van der Waals surface area contributed by atoms with Crippen LogP contribution in [0.4, 0.5) is 0 Å². The molecule has 2 fully saturated rings. The fourth-order valence-corrected chi connectivity index (χ4v) is 4.25. The number of aliphatic hydroxyl groups excluding tert-OH is 6. The van der Waals surface area contributed by atoms with E-state index in [1.807, 2.05) is 0 Å². The number of hydrogen-bond donors (Lipinski definition) is 6. The quantitative estimate of drug-likeness (QED) is 0.129. The number of hydrogen-bond acceptors (Lipinski definition) is 15. The number of ether oxygens (including phenoxy) is 5. The molecule has 17 nitrogen and oxygen atoms in total. The Morgan fingerprint density at radius 2 is 1.15 bits per heavy atom. The molecule has 17 heteroatoms. The fourth-order valence-electron chi connectivity index (χ4n) is 4.25. The highest BCUT2D eigenvalue weighted by Crippen LogP contribution is 2.23. The number of rotatable bonds is 13. The van der Waals surface area contributed by atoms with Gasteiger partial charge in [-0.15, -0.1) is 10.2 Å². The van der Waals surface area contributed by atoms with Crippen LogP contribution in [0.1, 0.15) is 31.7 Å². The Labute approximate surface area is 229 Å². The Kier molecular flexibility index (Phi) is 10.9. The van der Waals surface area contributed by atoms with Gasteiger partial charge in [-0.05, 0) is 20.3 Å². The standard InChI is InChI=1S/C23H38N6O11/c1-12-16(30)18(32)20(34)22(39-12)37-10-14-8-28(26-24-14)4-3-6-36-7-5-29-9-15(25-27-29)11-38-23-21(35)19(33)17(31)13(2)40-23/h8-9,12-13,16-23,30-35H,3-7,10-11H2,1-2H3/t12?,13?,16-,17-,18?,19?,20?,21?,22-,23-/m1/s1. The molecule has 2 aliphatic rings. The molecular weight excluding hydrogens is 536 g/mol. The smallest absolute Gasteiger partial charge is 0.186 e.